The Hall–Kier alpha value is -2.97. The number of hydrogen-bond acceptors (Lipinski definition) is 6. The van der Waals surface area contributed by atoms with Crippen LogP contribution in [-0.4, -0.2) is 51.8 Å². The van der Waals surface area contributed by atoms with Gasteiger partial charge in [0.25, 0.3) is 0 Å². The van der Waals surface area contributed by atoms with Crippen molar-refractivity contribution in [2.45, 2.75) is 33.0 Å². The first-order valence-corrected chi connectivity index (χ1v) is 9.96. The van der Waals surface area contributed by atoms with E-state index in [9.17, 15) is 9.50 Å². The molecule has 3 aromatic rings. The van der Waals surface area contributed by atoms with Crippen LogP contribution in [0.25, 0.3) is 17.1 Å². The van der Waals surface area contributed by atoms with Gasteiger partial charge in [0, 0.05) is 12.2 Å². The highest BCUT2D eigenvalue weighted by molar-refractivity contribution is 5.60. The number of aliphatic hydroxyl groups excluding tert-OH is 1. The Morgan fingerprint density at radius 3 is 2.53 bits per heavy atom. The fraction of sp³-hybridized carbons (Fsp3) is 0.364. The van der Waals surface area contributed by atoms with E-state index >= 15 is 0 Å². The van der Waals surface area contributed by atoms with Crippen LogP contribution in [-0.2, 0) is 4.74 Å². The molecule has 0 bridgehead atoms. The molecule has 8 heteroatoms. The number of rotatable bonds is 10. The second kappa shape index (κ2) is 10.2. The third-order valence-corrected chi connectivity index (χ3v) is 4.25. The van der Waals surface area contributed by atoms with Crippen molar-refractivity contribution in [3.8, 4) is 23.1 Å². The number of anilines is 1. The van der Waals surface area contributed by atoms with Gasteiger partial charge in [0.05, 0.1) is 36.7 Å². The molecule has 0 radical (unpaired) electrons. The molecule has 7 nitrogen and oxygen atoms in total. The van der Waals surface area contributed by atoms with E-state index < -0.39 is 6.10 Å². The van der Waals surface area contributed by atoms with Gasteiger partial charge < -0.3 is 19.9 Å². The van der Waals surface area contributed by atoms with Crippen LogP contribution in [0.4, 0.5) is 10.1 Å². The minimum absolute atomic E-state index is 0.0758. The van der Waals surface area contributed by atoms with E-state index in [1.54, 1.807) is 22.9 Å². The second-order valence-electron chi connectivity index (χ2n) is 7.01. The van der Waals surface area contributed by atoms with Crippen molar-refractivity contribution in [3.05, 3.63) is 54.3 Å². The predicted octanol–water partition coefficient (Wildman–Crippen LogP) is 3.67. The van der Waals surface area contributed by atoms with E-state index in [1.165, 1.54) is 6.07 Å². The van der Waals surface area contributed by atoms with Crippen LogP contribution in [0, 0.1) is 5.82 Å². The van der Waals surface area contributed by atoms with Gasteiger partial charge in [-0.25, -0.2) is 9.07 Å². The summed E-state index contributed by atoms with van der Waals surface area (Å²) in [6.07, 6.45) is -0.532. The summed E-state index contributed by atoms with van der Waals surface area (Å²) in [5, 5.41) is 17.5. The average Bonchev–Trinajstić information content (AvgIpc) is 3.15. The van der Waals surface area contributed by atoms with E-state index in [0.717, 1.165) is 5.69 Å². The molecule has 1 aromatic heterocycles. The molecule has 3 rings (SSSR count). The molecule has 0 fully saturated rings. The molecule has 0 saturated heterocycles. The molecule has 1 heterocycles. The minimum Gasteiger partial charge on any atom is -0.463 e. The molecule has 2 N–H and O–H groups in total. The van der Waals surface area contributed by atoms with Crippen LogP contribution < -0.4 is 10.1 Å². The quantitative estimate of drug-likeness (QED) is 0.527. The highest BCUT2D eigenvalue weighted by Crippen LogP contribution is 2.26. The Balaban J connectivity index is 1.78. The van der Waals surface area contributed by atoms with Crippen molar-refractivity contribution < 1.29 is 19.0 Å². The lowest BCUT2D eigenvalue weighted by Crippen LogP contribution is -2.26. The smallest absolute Gasteiger partial charge is 0.336 e. The molecule has 30 heavy (non-hydrogen) atoms. The van der Waals surface area contributed by atoms with Gasteiger partial charge in [-0.2, -0.15) is 4.98 Å². The Kier molecular flexibility index (Phi) is 7.37. The van der Waals surface area contributed by atoms with Crippen LogP contribution in [0.1, 0.15) is 20.8 Å². The van der Waals surface area contributed by atoms with Gasteiger partial charge >= 0.3 is 6.01 Å². The third kappa shape index (κ3) is 5.55. The second-order valence-corrected chi connectivity index (χ2v) is 7.01. The minimum atomic E-state index is -0.608. The number of halogens is 1. The first-order valence-electron chi connectivity index (χ1n) is 9.96. The van der Waals surface area contributed by atoms with E-state index in [2.05, 4.69) is 15.4 Å². The number of aliphatic hydroxyl groups is 1. The van der Waals surface area contributed by atoms with Gasteiger partial charge in [-0.1, -0.05) is 12.1 Å². The summed E-state index contributed by atoms with van der Waals surface area (Å²) < 4.78 is 26.7. The molecule has 0 spiro atoms. The summed E-state index contributed by atoms with van der Waals surface area (Å²) in [5.41, 5.74) is 1.88. The Labute approximate surface area is 175 Å². The lowest BCUT2D eigenvalue weighted by Gasteiger charge is -2.15. The zero-order valence-electron chi connectivity index (χ0n) is 17.4. The molecular weight excluding hydrogens is 387 g/mol. The molecule has 2 aromatic carbocycles. The van der Waals surface area contributed by atoms with Gasteiger partial charge in [-0.3, -0.25) is 0 Å². The van der Waals surface area contributed by atoms with E-state index in [4.69, 9.17) is 9.47 Å². The maximum atomic E-state index is 14.4. The Morgan fingerprint density at radius 1 is 1.13 bits per heavy atom. The van der Waals surface area contributed by atoms with Crippen molar-refractivity contribution in [3.63, 3.8) is 0 Å². The van der Waals surface area contributed by atoms with Crippen LogP contribution in [0.5, 0.6) is 6.01 Å². The topological polar surface area (TPSA) is 81.4 Å². The zero-order valence-corrected chi connectivity index (χ0v) is 17.4. The van der Waals surface area contributed by atoms with Crippen molar-refractivity contribution in [1.82, 2.24) is 14.8 Å². The molecule has 0 saturated carbocycles. The van der Waals surface area contributed by atoms with E-state index in [0.29, 0.717) is 30.2 Å². The molecule has 0 aliphatic heterocycles. The molecule has 0 amide bonds. The van der Waals surface area contributed by atoms with Crippen molar-refractivity contribution in [1.29, 1.82) is 0 Å². The summed E-state index contributed by atoms with van der Waals surface area (Å²) in [5.74, 6) is -0.0244. The normalized spacial score (nSPS) is 12.2. The van der Waals surface area contributed by atoms with Gasteiger partial charge in [-0.05, 0) is 57.2 Å². The fourth-order valence-electron chi connectivity index (χ4n) is 2.80. The highest BCUT2D eigenvalue weighted by Gasteiger charge is 2.17. The van der Waals surface area contributed by atoms with Crippen LogP contribution in [0.15, 0.2) is 48.5 Å². The van der Waals surface area contributed by atoms with Gasteiger partial charge in [0.15, 0.2) is 5.82 Å². The van der Waals surface area contributed by atoms with Gasteiger partial charge in [0.2, 0.25) is 0 Å². The lowest BCUT2D eigenvalue weighted by atomic mass is 10.2. The van der Waals surface area contributed by atoms with E-state index in [-0.39, 0.29) is 24.5 Å². The van der Waals surface area contributed by atoms with Crippen LogP contribution in [0.3, 0.4) is 0 Å². The number of benzene rings is 2. The van der Waals surface area contributed by atoms with E-state index in [1.807, 2.05) is 45.0 Å². The molecule has 0 aliphatic rings. The third-order valence-electron chi connectivity index (χ3n) is 4.25. The molecule has 160 valence electrons. The standard InChI is InChI=1S/C22H27FN4O3/c1-4-29-22-25-21(19-7-5-6-8-20(19)23)27(26-22)17-11-9-16(10-12-17)24-13-18(28)14-30-15(2)3/h5-12,15,18,24,28H,4,13-14H2,1-3H3. The summed E-state index contributed by atoms with van der Waals surface area (Å²) >= 11 is 0. The lowest BCUT2D eigenvalue weighted by molar-refractivity contribution is 0.0112. The SMILES string of the molecule is CCOc1nc(-c2ccccc2F)n(-c2ccc(NCC(O)COC(C)C)cc2)n1. The highest BCUT2D eigenvalue weighted by atomic mass is 19.1. The largest absolute Gasteiger partial charge is 0.463 e. The monoisotopic (exact) mass is 414 g/mol. The fourth-order valence-corrected chi connectivity index (χ4v) is 2.80. The van der Waals surface area contributed by atoms with Crippen LogP contribution >= 0.6 is 0 Å². The van der Waals surface area contributed by atoms with Crippen molar-refractivity contribution >= 4 is 5.69 Å². The number of nitrogens with one attached hydrogen (secondary N) is 1. The maximum absolute atomic E-state index is 14.4. The number of aromatic nitrogens is 3. The Morgan fingerprint density at radius 2 is 1.87 bits per heavy atom. The first-order chi connectivity index (χ1) is 14.5. The number of hydrogen-bond donors (Lipinski definition) is 2. The maximum Gasteiger partial charge on any atom is 0.336 e. The van der Waals surface area contributed by atoms with Gasteiger partial charge in [-0.15, -0.1) is 5.10 Å². The zero-order chi connectivity index (χ0) is 21.5. The van der Waals surface area contributed by atoms with Crippen molar-refractivity contribution in [2.75, 3.05) is 25.1 Å². The summed E-state index contributed by atoms with van der Waals surface area (Å²) in [7, 11) is 0. The average molecular weight is 414 g/mol. The molecular formula is C22H27FN4O3. The molecule has 1 unspecified atom stereocenters. The molecule has 1 atom stereocenters. The number of ether oxygens (including phenoxy) is 2. The van der Waals surface area contributed by atoms with Crippen LogP contribution in [0.2, 0.25) is 0 Å². The van der Waals surface area contributed by atoms with Gasteiger partial charge in [0.1, 0.15) is 5.82 Å². The molecule has 0 aliphatic carbocycles. The van der Waals surface area contributed by atoms with Crippen molar-refractivity contribution in [2.24, 2.45) is 0 Å². The summed E-state index contributed by atoms with van der Waals surface area (Å²) in [6, 6.07) is 14.0. The number of nitrogens with zero attached hydrogens (tertiary/aromatic N) is 3. The summed E-state index contributed by atoms with van der Waals surface area (Å²) in [6.45, 7) is 6.74. The Bertz CT molecular complexity index is 944. The summed E-state index contributed by atoms with van der Waals surface area (Å²) in [4.78, 5) is 4.35. The first kappa shape index (κ1) is 21.7. The predicted molar refractivity (Wildman–Crippen MR) is 114 cm³/mol.